The molecule has 3 aromatic rings. The number of aromatic nitrogens is 3. The topological polar surface area (TPSA) is 59.8 Å². The van der Waals surface area contributed by atoms with Crippen LogP contribution in [0.25, 0.3) is 10.9 Å². The molecule has 0 spiro atoms. The number of fused-ring (bicyclic) bond motifs is 1. The van der Waals surface area contributed by atoms with Crippen molar-refractivity contribution in [2.24, 2.45) is 13.0 Å². The zero-order valence-corrected chi connectivity index (χ0v) is 13.6. The summed E-state index contributed by atoms with van der Waals surface area (Å²) in [6.07, 6.45) is 2.72. The molecule has 0 atom stereocenters. The molecule has 0 radical (unpaired) electrons. The predicted molar refractivity (Wildman–Crippen MR) is 89.3 cm³/mol. The maximum Gasteiger partial charge on any atom is 0.259 e. The highest BCUT2D eigenvalue weighted by Crippen LogP contribution is 2.23. The number of carbonyl (C=O) groups is 1. The Morgan fingerprint density at radius 2 is 2.09 bits per heavy atom. The molecule has 5 nitrogen and oxygen atoms in total. The van der Waals surface area contributed by atoms with Crippen molar-refractivity contribution in [1.29, 1.82) is 0 Å². The van der Waals surface area contributed by atoms with Gasteiger partial charge in [0, 0.05) is 30.6 Å². The van der Waals surface area contributed by atoms with Crippen molar-refractivity contribution >= 4 is 33.3 Å². The molecular formula is C16H18N4OS. The Morgan fingerprint density at radius 3 is 2.86 bits per heavy atom. The van der Waals surface area contributed by atoms with Crippen molar-refractivity contribution in [2.75, 3.05) is 5.32 Å². The molecule has 0 unspecified atom stereocenters. The normalized spacial score (nSPS) is 11.3. The average Bonchev–Trinajstić information content (AvgIpc) is 3.04. The third-order valence-electron chi connectivity index (χ3n) is 3.41. The first-order chi connectivity index (χ1) is 10.5. The van der Waals surface area contributed by atoms with Crippen molar-refractivity contribution in [3.63, 3.8) is 0 Å². The summed E-state index contributed by atoms with van der Waals surface area (Å²) >= 11 is 1.44. The van der Waals surface area contributed by atoms with E-state index in [9.17, 15) is 4.79 Å². The first-order valence-corrected chi connectivity index (χ1v) is 8.04. The summed E-state index contributed by atoms with van der Waals surface area (Å²) < 4.78 is 1.95. The SMILES string of the molecule is CC(C)Cc1nnc(NC(=O)c2cn(C)c3ccccc23)s1. The van der Waals surface area contributed by atoms with Crippen molar-refractivity contribution in [3.8, 4) is 0 Å². The molecule has 1 aromatic carbocycles. The van der Waals surface area contributed by atoms with Crippen LogP contribution in [-0.4, -0.2) is 20.7 Å². The lowest BCUT2D eigenvalue weighted by atomic mass is 10.1. The van der Waals surface area contributed by atoms with Crippen molar-refractivity contribution < 1.29 is 4.79 Å². The van der Waals surface area contributed by atoms with E-state index in [0.717, 1.165) is 22.3 Å². The molecule has 22 heavy (non-hydrogen) atoms. The number of hydrogen-bond acceptors (Lipinski definition) is 4. The first-order valence-electron chi connectivity index (χ1n) is 7.22. The highest BCUT2D eigenvalue weighted by atomic mass is 32.1. The number of nitrogens with one attached hydrogen (secondary N) is 1. The molecule has 1 N–H and O–H groups in total. The van der Waals surface area contributed by atoms with Crippen LogP contribution in [0.3, 0.4) is 0 Å². The first kappa shape index (κ1) is 14.7. The van der Waals surface area contributed by atoms with E-state index >= 15 is 0 Å². The van der Waals surface area contributed by atoms with Gasteiger partial charge in [0.1, 0.15) is 5.01 Å². The summed E-state index contributed by atoms with van der Waals surface area (Å²) in [6, 6.07) is 7.85. The maximum atomic E-state index is 12.5. The van der Waals surface area contributed by atoms with Gasteiger partial charge in [0.05, 0.1) is 5.56 Å². The Labute approximate surface area is 133 Å². The lowest BCUT2D eigenvalue weighted by Gasteiger charge is -1.99. The lowest BCUT2D eigenvalue weighted by molar-refractivity contribution is 0.102. The van der Waals surface area contributed by atoms with Crippen molar-refractivity contribution in [3.05, 3.63) is 41.0 Å². The van der Waals surface area contributed by atoms with Crippen molar-refractivity contribution in [1.82, 2.24) is 14.8 Å². The van der Waals surface area contributed by atoms with Crippen molar-refractivity contribution in [2.45, 2.75) is 20.3 Å². The van der Waals surface area contributed by atoms with E-state index in [2.05, 4.69) is 29.4 Å². The minimum Gasteiger partial charge on any atom is -0.350 e. The molecule has 0 aliphatic carbocycles. The van der Waals surface area contributed by atoms with Gasteiger partial charge in [0.2, 0.25) is 5.13 Å². The van der Waals surface area contributed by atoms with Crippen LogP contribution < -0.4 is 5.32 Å². The number of aryl methyl sites for hydroxylation is 1. The molecule has 0 saturated heterocycles. The van der Waals surface area contributed by atoms with Crippen LogP contribution in [0.1, 0.15) is 29.2 Å². The summed E-state index contributed by atoms with van der Waals surface area (Å²) in [5.74, 6) is 0.374. The van der Waals surface area contributed by atoms with E-state index in [-0.39, 0.29) is 5.91 Å². The van der Waals surface area contributed by atoms with Gasteiger partial charge in [0.25, 0.3) is 5.91 Å². The fourth-order valence-electron chi connectivity index (χ4n) is 2.42. The number of hydrogen-bond donors (Lipinski definition) is 1. The van der Waals surface area contributed by atoms with E-state index in [1.807, 2.05) is 42.1 Å². The number of carbonyl (C=O) groups excluding carboxylic acids is 1. The monoisotopic (exact) mass is 314 g/mol. The van der Waals surface area contributed by atoms with Gasteiger partial charge < -0.3 is 4.57 Å². The second-order valence-electron chi connectivity index (χ2n) is 5.72. The number of benzene rings is 1. The van der Waals surface area contributed by atoms with Gasteiger partial charge >= 0.3 is 0 Å². The van der Waals surface area contributed by atoms with Crippen LogP contribution in [0.15, 0.2) is 30.5 Å². The average molecular weight is 314 g/mol. The largest absolute Gasteiger partial charge is 0.350 e. The Hall–Kier alpha value is -2.21. The van der Waals surface area contributed by atoms with Crippen LogP contribution in [0.5, 0.6) is 0 Å². The molecule has 0 bridgehead atoms. The Morgan fingerprint density at radius 1 is 1.32 bits per heavy atom. The van der Waals surface area contributed by atoms with E-state index in [0.29, 0.717) is 16.6 Å². The van der Waals surface area contributed by atoms with E-state index in [1.54, 1.807) is 0 Å². The lowest BCUT2D eigenvalue weighted by Crippen LogP contribution is -2.11. The van der Waals surface area contributed by atoms with E-state index in [4.69, 9.17) is 0 Å². The Kier molecular flexibility index (Phi) is 3.94. The highest BCUT2D eigenvalue weighted by Gasteiger charge is 2.15. The van der Waals surface area contributed by atoms with Crippen LogP contribution in [-0.2, 0) is 13.5 Å². The molecule has 114 valence electrons. The molecule has 2 heterocycles. The number of amides is 1. The molecule has 0 aliphatic heterocycles. The number of anilines is 1. The number of para-hydroxylation sites is 1. The standard InChI is InChI=1S/C16H18N4OS/c1-10(2)8-14-18-19-16(22-14)17-15(21)12-9-20(3)13-7-5-4-6-11(12)13/h4-7,9-10H,8H2,1-3H3,(H,17,19,21). The van der Waals surface area contributed by atoms with E-state index < -0.39 is 0 Å². The van der Waals surface area contributed by atoms with Crippen LogP contribution in [0, 0.1) is 5.92 Å². The summed E-state index contributed by atoms with van der Waals surface area (Å²) in [6.45, 7) is 4.27. The van der Waals surface area contributed by atoms with Crippen LogP contribution >= 0.6 is 11.3 Å². The Balaban J connectivity index is 1.83. The molecule has 0 fully saturated rings. The van der Waals surface area contributed by atoms with Gasteiger partial charge in [-0.15, -0.1) is 10.2 Å². The number of nitrogens with zero attached hydrogens (tertiary/aromatic N) is 3. The van der Waals surface area contributed by atoms with E-state index in [1.165, 1.54) is 11.3 Å². The minimum atomic E-state index is -0.149. The van der Waals surface area contributed by atoms with Gasteiger partial charge in [-0.05, 0) is 12.0 Å². The highest BCUT2D eigenvalue weighted by molar-refractivity contribution is 7.15. The summed E-state index contributed by atoms with van der Waals surface area (Å²) in [5.41, 5.74) is 1.68. The predicted octanol–water partition coefficient (Wildman–Crippen LogP) is 3.48. The molecule has 2 aromatic heterocycles. The van der Waals surface area contributed by atoms with Gasteiger partial charge in [-0.2, -0.15) is 0 Å². The molecule has 3 rings (SSSR count). The maximum absolute atomic E-state index is 12.5. The Bertz CT molecular complexity index is 819. The number of rotatable bonds is 4. The molecular weight excluding hydrogens is 296 g/mol. The molecule has 0 saturated carbocycles. The van der Waals surface area contributed by atoms with Gasteiger partial charge in [-0.3, -0.25) is 10.1 Å². The second kappa shape index (κ2) is 5.88. The quantitative estimate of drug-likeness (QED) is 0.802. The summed E-state index contributed by atoms with van der Waals surface area (Å²) in [4.78, 5) is 12.5. The third kappa shape index (κ3) is 2.87. The smallest absolute Gasteiger partial charge is 0.259 e. The zero-order valence-electron chi connectivity index (χ0n) is 12.8. The van der Waals surface area contributed by atoms with Crippen LogP contribution in [0.4, 0.5) is 5.13 Å². The zero-order chi connectivity index (χ0) is 15.7. The van der Waals surface area contributed by atoms with Gasteiger partial charge in [0.15, 0.2) is 0 Å². The van der Waals surface area contributed by atoms with Gasteiger partial charge in [-0.1, -0.05) is 43.4 Å². The van der Waals surface area contributed by atoms with Crippen LogP contribution in [0.2, 0.25) is 0 Å². The minimum absolute atomic E-state index is 0.149. The fraction of sp³-hybridized carbons (Fsp3) is 0.312. The molecule has 1 amide bonds. The molecule has 6 heteroatoms. The third-order valence-corrected chi connectivity index (χ3v) is 4.27. The second-order valence-corrected chi connectivity index (χ2v) is 6.79. The summed E-state index contributed by atoms with van der Waals surface area (Å²) in [5, 5.41) is 13.5. The summed E-state index contributed by atoms with van der Waals surface area (Å²) in [7, 11) is 1.94. The molecule has 0 aliphatic rings. The van der Waals surface area contributed by atoms with Gasteiger partial charge in [-0.25, -0.2) is 0 Å². The fourth-order valence-corrected chi connectivity index (χ4v) is 3.37.